The molecule has 0 unspecified atom stereocenters. The number of rotatable bonds is 5. The summed E-state index contributed by atoms with van der Waals surface area (Å²) < 4.78 is 4.75. The van der Waals surface area contributed by atoms with Crippen LogP contribution < -0.4 is 10.6 Å². The van der Waals surface area contributed by atoms with Gasteiger partial charge in [0.2, 0.25) is 0 Å². The molecule has 20 heavy (non-hydrogen) atoms. The number of urea groups is 1. The van der Waals surface area contributed by atoms with E-state index in [1.807, 2.05) is 5.32 Å². The van der Waals surface area contributed by atoms with Crippen molar-refractivity contribution >= 4 is 29.5 Å². The Labute approximate surface area is 121 Å². The molecule has 0 aliphatic carbocycles. The van der Waals surface area contributed by atoms with E-state index in [1.165, 1.54) is 0 Å². The van der Waals surface area contributed by atoms with Gasteiger partial charge < -0.3 is 10.1 Å². The standard InChI is InChI=1S/C13H15ClN2O4/c1-2-15-13(19)16-11(17)8-20-12(18)7-9-3-5-10(14)6-4-9/h3-6H,2,7-8H2,1H3,(H2,15,16,17,19). The van der Waals surface area contributed by atoms with Gasteiger partial charge in [-0.3, -0.25) is 14.9 Å². The molecule has 0 fully saturated rings. The Morgan fingerprint density at radius 3 is 2.45 bits per heavy atom. The number of benzene rings is 1. The predicted molar refractivity (Wildman–Crippen MR) is 73.3 cm³/mol. The largest absolute Gasteiger partial charge is 0.455 e. The van der Waals surface area contributed by atoms with Crippen molar-refractivity contribution in [1.82, 2.24) is 10.6 Å². The quantitative estimate of drug-likeness (QED) is 0.802. The maximum absolute atomic E-state index is 11.5. The minimum Gasteiger partial charge on any atom is -0.455 e. The van der Waals surface area contributed by atoms with Crippen LogP contribution in [0.25, 0.3) is 0 Å². The van der Waals surface area contributed by atoms with Crippen molar-refractivity contribution in [3.05, 3.63) is 34.9 Å². The third-order valence-corrected chi connectivity index (χ3v) is 2.47. The van der Waals surface area contributed by atoms with Crippen LogP contribution in [0.5, 0.6) is 0 Å². The average Bonchev–Trinajstić information content (AvgIpc) is 2.39. The Kier molecular flexibility index (Phi) is 6.52. The van der Waals surface area contributed by atoms with Crippen molar-refractivity contribution in [3.8, 4) is 0 Å². The van der Waals surface area contributed by atoms with Crippen molar-refractivity contribution in [2.24, 2.45) is 0 Å². The van der Waals surface area contributed by atoms with E-state index in [2.05, 4.69) is 5.32 Å². The first-order chi connectivity index (χ1) is 9.51. The van der Waals surface area contributed by atoms with E-state index in [9.17, 15) is 14.4 Å². The second-order valence-electron chi connectivity index (χ2n) is 3.87. The molecule has 0 radical (unpaired) electrons. The summed E-state index contributed by atoms with van der Waals surface area (Å²) in [4.78, 5) is 33.8. The van der Waals surface area contributed by atoms with Gasteiger partial charge in [0.05, 0.1) is 6.42 Å². The molecule has 0 saturated heterocycles. The number of nitrogens with one attached hydrogen (secondary N) is 2. The summed E-state index contributed by atoms with van der Waals surface area (Å²) in [7, 11) is 0. The third kappa shape index (κ3) is 6.19. The summed E-state index contributed by atoms with van der Waals surface area (Å²) in [5.74, 6) is -1.24. The minimum atomic E-state index is -0.680. The number of imide groups is 1. The summed E-state index contributed by atoms with van der Waals surface area (Å²) in [5.41, 5.74) is 0.725. The Hall–Kier alpha value is -2.08. The van der Waals surface area contributed by atoms with Gasteiger partial charge in [-0.15, -0.1) is 0 Å². The maximum Gasteiger partial charge on any atom is 0.321 e. The van der Waals surface area contributed by atoms with E-state index >= 15 is 0 Å². The molecule has 0 saturated carbocycles. The van der Waals surface area contributed by atoms with Crippen LogP contribution in [0.4, 0.5) is 4.79 Å². The van der Waals surface area contributed by atoms with Crippen molar-refractivity contribution in [3.63, 3.8) is 0 Å². The van der Waals surface area contributed by atoms with Gasteiger partial charge in [0.1, 0.15) is 0 Å². The van der Waals surface area contributed by atoms with Crippen molar-refractivity contribution in [2.45, 2.75) is 13.3 Å². The summed E-state index contributed by atoms with van der Waals surface area (Å²) in [6.45, 7) is 1.62. The lowest BCUT2D eigenvalue weighted by atomic mass is 10.1. The van der Waals surface area contributed by atoms with E-state index in [0.29, 0.717) is 11.6 Å². The second-order valence-corrected chi connectivity index (χ2v) is 4.31. The molecule has 108 valence electrons. The van der Waals surface area contributed by atoms with Gasteiger partial charge >= 0.3 is 12.0 Å². The number of carbonyl (C=O) groups excluding carboxylic acids is 3. The molecule has 0 heterocycles. The zero-order valence-electron chi connectivity index (χ0n) is 10.9. The topological polar surface area (TPSA) is 84.5 Å². The Bertz CT molecular complexity index is 488. The molecule has 0 atom stereocenters. The maximum atomic E-state index is 11.5. The first-order valence-corrected chi connectivity index (χ1v) is 6.36. The third-order valence-electron chi connectivity index (χ3n) is 2.22. The van der Waals surface area contributed by atoms with Crippen molar-refractivity contribution in [2.75, 3.05) is 13.2 Å². The molecule has 1 rings (SSSR count). The van der Waals surface area contributed by atoms with Crippen LogP contribution in [-0.2, 0) is 20.7 Å². The van der Waals surface area contributed by atoms with Crippen LogP contribution in [-0.4, -0.2) is 31.1 Å². The van der Waals surface area contributed by atoms with E-state index in [-0.39, 0.29) is 6.42 Å². The Morgan fingerprint density at radius 2 is 1.85 bits per heavy atom. The fraction of sp³-hybridized carbons (Fsp3) is 0.308. The van der Waals surface area contributed by atoms with Crippen LogP contribution in [0.3, 0.4) is 0 Å². The Balaban J connectivity index is 2.31. The fourth-order valence-corrected chi connectivity index (χ4v) is 1.46. The number of amides is 3. The van der Waals surface area contributed by atoms with Crippen LogP contribution >= 0.6 is 11.6 Å². The molecule has 0 aliphatic heterocycles. The summed E-state index contributed by atoms with van der Waals surface area (Å²) in [6.07, 6.45) is 0.0333. The van der Waals surface area contributed by atoms with Gasteiger partial charge in [-0.05, 0) is 24.6 Å². The van der Waals surface area contributed by atoms with Gasteiger partial charge in [-0.1, -0.05) is 23.7 Å². The van der Waals surface area contributed by atoms with Crippen molar-refractivity contribution < 1.29 is 19.1 Å². The fourth-order valence-electron chi connectivity index (χ4n) is 1.33. The van der Waals surface area contributed by atoms with Gasteiger partial charge in [0.25, 0.3) is 5.91 Å². The molecule has 7 heteroatoms. The molecule has 6 nitrogen and oxygen atoms in total. The smallest absolute Gasteiger partial charge is 0.321 e. The molecule has 0 aromatic heterocycles. The predicted octanol–water partition coefficient (Wildman–Crippen LogP) is 1.27. The zero-order chi connectivity index (χ0) is 15.0. The van der Waals surface area contributed by atoms with Crippen LogP contribution in [0.15, 0.2) is 24.3 Å². The molecule has 1 aromatic carbocycles. The van der Waals surface area contributed by atoms with Crippen LogP contribution in [0, 0.1) is 0 Å². The molecule has 1 aromatic rings. The van der Waals surface area contributed by atoms with Gasteiger partial charge in [0, 0.05) is 11.6 Å². The lowest BCUT2D eigenvalue weighted by Crippen LogP contribution is -2.41. The second kappa shape index (κ2) is 8.16. The van der Waals surface area contributed by atoms with Crippen LogP contribution in [0.1, 0.15) is 12.5 Å². The van der Waals surface area contributed by atoms with Crippen molar-refractivity contribution in [1.29, 1.82) is 0 Å². The number of esters is 1. The lowest BCUT2D eigenvalue weighted by molar-refractivity contribution is -0.147. The summed E-state index contributed by atoms with van der Waals surface area (Å²) in [5, 5.41) is 4.98. The molecule has 3 amide bonds. The molecule has 0 spiro atoms. The number of ether oxygens (including phenoxy) is 1. The zero-order valence-corrected chi connectivity index (χ0v) is 11.7. The SMILES string of the molecule is CCNC(=O)NC(=O)COC(=O)Cc1ccc(Cl)cc1. The number of hydrogen-bond acceptors (Lipinski definition) is 4. The molecular weight excluding hydrogens is 284 g/mol. The number of halogens is 1. The van der Waals surface area contributed by atoms with E-state index in [4.69, 9.17) is 16.3 Å². The highest BCUT2D eigenvalue weighted by Crippen LogP contribution is 2.10. The highest BCUT2D eigenvalue weighted by Gasteiger charge is 2.10. The van der Waals surface area contributed by atoms with Crippen LogP contribution in [0.2, 0.25) is 5.02 Å². The van der Waals surface area contributed by atoms with E-state index in [0.717, 1.165) is 5.56 Å². The monoisotopic (exact) mass is 298 g/mol. The van der Waals surface area contributed by atoms with Gasteiger partial charge in [-0.2, -0.15) is 0 Å². The first kappa shape index (κ1) is 16.0. The van der Waals surface area contributed by atoms with E-state index in [1.54, 1.807) is 31.2 Å². The average molecular weight is 299 g/mol. The molecule has 0 bridgehead atoms. The number of hydrogen-bond donors (Lipinski definition) is 2. The van der Waals surface area contributed by atoms with Gasteiger partial charge in [0.15, 0.2) is 6.61 Å². The van der Waals surface area contributed by atoms with E-state index < -0.39 is 24.5 Å². The van der Waals surface area contributed by atoms with Gasteiger partial charge in [-0.25, -0.2) is 4.79 Å². The summed E-state index contributed by atoms with van der Waals surface area (Å²) >= 11 is 5.72. The molecular formula is C13H15ClN2O4. The molecule has 2 N–H and O–H groups in total. The lowest BCUT2D eigenvalue weighted by Gasteiger charge is -2.06. The number of carbonyl (C=O) groups is 3. The first-order valence-electron chi connectivity index (χ1n) is 5.99. The minimum absolute atomic E-state index is 0.0333. The highest BCUT2D eigenvalue weighted by molar-refractivity contribution is 6.30. The normalized spacial score (nSPS) is 9.70. The highest BCUT2D eigenvalue weighted by atomic mass is 35.5. The summed E-state index contributed by atoms with van der Waals surface area (Å²) in [6, 6.07) is 6.08. The molecule has 0 aliphatic rings. The Morgan fingerprint density at radius 1 is 1.20 bits per heavy atom.